The minimum absolute atomic E-state index is 0.115. The summed E-state index contributed by atoms with van der Waals surface area (Å²) in [5.74, 6) is 0.0161. The van der Waals surface area contributed by atoms with Crippen LogP contribution in [-0.2, 0) is 14.8 Å². The van der Waals surface area contributed by atoms with Gasteiger partial charge in [-0.2, -0.15) is 0 Å². The van der Waals surface area contributed by atoms with E-state index in [1.54, 1.807) is 30.3 Å². The zero-order chi connectivity index (χ0) is 21.4. The van der Waals surface area contributed by atoms with Crippen molar-refractivity contribution in [2.45, 2.75) is 18.2 Å². The summed E-state index contributed by atoms with van der Waals surface area (Å²) in [5.41, 5.74) is 1.19. The molecule has 158 valence electrons. The second-order valence-corrected chi connectivity index (χ2v) is 8.87. The second-order valence-electron chi connectivity index (χ2n) is 7.01. The van der Waals surface area contributed by atoms with Crippen molar-refractivity contribution in [1.82, 2.24) is 10.2 Å². The van der Waals surface area contributed by atoms with Crippen molar-refractivity contribution in [1.29, 1.82) is 0 Å². The topological polar surface area (TPSA) is 79.0 Å². The lowest BCUT2D eigenvalue weighted by molar-refractivity contribution is -0.119. The van der Waals surface area contributed by atoms with Crippen molar-refractivity contribution in [2.24, 2.45) is 0 Å². The summed E-state index contributed by atoms with van der Waals surface area (Å²) in [6.45, 7) is 2.83. The number of methoxy groups -OCH3 is 1. The van der Waals surface area contributed by atoms with E-state index in [1.807, 2.05) is 32.0 Å². The highest BCUT2D eigenvalue weighted by Crippen LogP contribution is 2.33. The lowest BCUT2D eigenvalue weighted by Crippen LogP contribution is -2.41. The number of aryl methyl sites for hydroxylation is 1. The van der Waals surface area contributed by atoms with Crippen molar-refractivity contribution < 1.29 is 17.9 Å². The Kier molecular flexibility index (Phi) is 8.04. The molecule has 0 aliphatic rings. The van der Waals surface area contributed by atoms with Crippen LogP contribution in [0.4, 0.5) is 5.69 Å². The Balaban J connectivity index is 2.35. The van der Waals surface area contributed by atoms with Crippen LogP contribution in [0.2, 0.25) is 0 Å². The number of anilines is 1. The average molecular weight is 420 g/mol. The second kappa shape index (κ2) is 10.3. The van der Waals surface area contributed by atoms with E-state index in [-0.39, 0.29) is 17.3 Å². The van der Waals surface area contributed by atoms with Crippen molar-refractivity contribution >= 4 is 21.6 Å². The Bertz CT molecular complexity index is 915. The van der Waals surface area contributed by atoms with Gasteiger partial charge < -0.3 is 15.0 Å². The first kappa shape index (κ1) is 22.7. The van der Waals surface area contributed by atoms with Gasteiger partial charge in [-0.3, -0.25) is 9.10 Å². The maximum atomic E-state index is 13.4. The molecule has 2 rings (SSSR count). The molecular weight excluding hydrogens is 390 g/mol. The number of sulfonamides is 1. The van der Waals surface area contributed by atoms with Crippen LogP contribution in [-0.4, -0.2) is 60.1 Å². The van der Waals surface area contributed by atoms with Crippen LogP contribution in [0.25, 0.3) is 0 Å². The molecule has 0 radical (unpaired) electrons. The number of hydrogen-bond donors (Lipinski definition) is 1. The summed E-state index contributed by atoms with van der Waals surface area (Å²) < 4.78 is 33.2. The number of amides is 1. The summed E-state index contributed by atoms with van der Waals surface area (Å²) in [7, 11) is 1.43. The smallest absolute Gasteiger partial charge is 0.264 e. The van der Waals surface area contributed by atoms with Gasteiger partial charge in [-0.05, 0) is 63.8 Å². The fourth-order valence-electron chi connectivity index (χ4n) is 2.82. The molecule has 0 saturated heterocycles. The largest absolute Gasteiger partial charge is 0.495 e. The van der Waals surface area contributed by atoms with E-state index in [2.05, 4.69) is 5.32 Å². The molecular formula is C21H29N3O4S. The minimum Gasteiger partial charge on any atom is -0.495 e. The standard InChI is InChI=1S/C21H29N3O4S/c1-17-11-12-20(28-4)19(15-17)24(16-21(25)22-13-8-14-23(2)3)29(26,27)18-9-6-5-7-10-18/h5-7,9-12,15H,8,13-14,16H2,1-4H3,(H,22,25). The Hall–Kier alpha value is -2.58. The van der Waals surface area contributed by atoms with Crippen LogP contribution >= 0.6 is 0 Å². The molecule has 7 nitrogen and oxygen atoms in total. The van der Waals surface area contributed by atoms with Crippen molar-refractivity contribution in [3.63, 3.8) is 0 Å². The summed E-state index contributed by atoms with van der Waals surface area (Å²) in [6.07, 6.45) is 0.776. The zero-order valence-electron chi connectivity index (χ0n) is 17.4. The maximum absolute atomic E-state index is 13.4. The maximum Gasteiger partial charge on any atom is 0.264 e. The SMILES string of the molecule is COc1ccc(C)cc1N(CC(=O)NCCCN(C)C)S(=O)(=O)c1ccccc1. The lowest BCUT2D eigenvalue weighted by atomic mass is 10.2. The number of carbonyl (C=O) groups is 1. The lowest BCUT2D eigenvalue weighted by Gasteiger charge is -2.26. The van der Waals surface area contributed by atoms with Gasteiger partial charge in [0.2, 0.25) is 5.91 Å². The molecule has 1 N–H and O–H groups in total. The number of nitrogens with zero attached hydrogens (tertiary/aromatic N) is 2. The number of nitrogens with one attached hydrogen (secondary N) is 1. The van der Waals surface area contributed by atoms with Crippen LogP contribution < -0.4 is 14.4 Å². The third-order valence-corrected chi connectivity index (χ3v) is 6.10. The first-order chi connectivity index (χ1) is 13.8. The van der Waals surface area contributed by atoms with Gasteiger partial charge in [-0.15, -0.1) is 0 Å². The summed E-state index contributed by atoms with van der Waals surface area (Å²) >= 11 is 0. The first-order valence-electron chi connectivity index (χ1n) is 9.39. The van der Waals surface area contributed by atoms with Gasteiger partial charge in [-0.25, -0.2) is 8.42 Å². The highest BCUT2D eigenvalue weighted by molar-refractivity contribution is 7.92. The Morgan fingerprint density at radius 3 is 2.41 bits per heavy atom. The van der Waals surface area contributed by atoms with E-state index in [1.165, 1.54) is 19.2 Å². The molecule has 29 heavy (non-hydrogen) atoms. The molecule has 0 aliphatic carbocycles. The summed E-state index contributed by atoms with van der Waals surface area (Å²) in [4.78, 5) is 14.7. The van der Waals surface area contributed by atoms with E-state index in [4.69, 9.17) is 4.74 Å². The quantitative estimate of drug-likeness (QED) is 0.598. The van der Waals surface area contributed by atoms with Crippen LogP contribution in [0, 0.1) is 6.92 Å². The number of ether oxygens (including phenoxy) is 1. The molecule has 0 heterocycles. The molecule has 1 amide bonds. The number of rotatable bonds is 10. The van der Waals surface area contributed by atoms with Crippen LogP contribution in [0.1, 0.15) is 12.0 Å². The van der Waals surface area contributed by atoms with E-state index in [0.717, 1.165) is 22.8 Å². The number of carbonyl (C=O) groups excluding carboxylic acids is 1. The van der Waals surface area contributed by atoms with Gasteiger partial charge in [-0.1, -0.05) is 24.3 Å². The van der Waals surface area contributed by atoms with Gasteiger partial charge >= 0.3 is 0 Å². The van der Waals surface area contributed by atoms with Gasteiger partial charge in [0.25, 0.3) is 10.0 Å². The third-order valence-electron chi connectivity index (χ3n) is 4.33. The van der Waals surface area contributed by atoms with E-state index >= 15 is 0 Å². The molecule has 0 spiro atoms. The monoisotopic (exact) mass is 419 g/mol. The summed E-state index contributed by atoms with van der Waals surface area (Å²) in [5, 5.41) is 2.80. The van der Waals surface area contributed by atoms with Gasteiger partial charge in [0.1, 0.15) is 12.3 Å². The molecule has 2 aromatic carbocycles. The van der Waals surface area contributed by atoms with E-state index in [9.17, 15) is 13.2 Å². The van der Waals surface area contributed by atoms with Gasteiger partial charge in [0, 0.05) is 6.54 Å². The first-order valence-corrected chi connectivity index (χ1v) is 10.8. The highest BCUT2D eigenvalue weighted by Gasteiger charge is 2.29. The number of benzene rings is 2. The Morgan fingerprint density at radius 1 is 1.10 bits per heavy atom. The summed E-state index contributed by atoms with van der Waals surface area (Å²) in [6, 6.07) is 13.3. The normalized spacial score (nSPS) is 11.3. The molecule has 0 bridgehead atoms. The molecule has 0 saturated carbocycles. The molecule has 8 heteroatoms. The zero-order valence-corrected chi connectivity index (χ0v) is 18.2. The minimum atomic E-state index is -3.96. The van der Waals surface area contributed by atoms with E-state index < -0.39 is 10.0 Å². The Labute approximate surface area is 173 Å². The van der Waals surface area contributed by atoms with Crippen LogP contribution in [0.5, 0.6) is 5.75 Å². The predicted octanol–water partition coefficient (Wildman–Crippen LogP) is 2.27. The number of hydrogen-bond acceptors (Lipinski definition) is 5. The highest BCUT2D eigenvalue weighted by atomic mass is 32.2. The molecule has 0 atom stereocenters. The average Bonchev–Trinajstić information content (AvgIpc) is 2.70. The van der Waals surface area contributed by atoms with Gasteiger partial charge in [0.15, 0.2) is 0 Å². The fourth-order valence-corrected chi connectivity index (χ4v) is 4.27. The molecule has 2 aromatic rings. The molecule has 0 unspecified atom stereocenters. The van der Waals surface area contributed by atoms with Crippen molar-refractivity contribution in [3.05, 3.63) is 54.1 Å². The van der Waals surface area contributed by atoms with Crippen molar-refractivity contribution in [3.8, 4) is 5.75 Å². The van der Waals surface area contributed by atoms with Crippen molar-refractivity contribution in [2.75, 3.05) is 45.1 Å². The van der Waals surface area contributed by atoms with E-state index in [0.29, 0.717) is 18.0 Å². The van der Waals surface area contributed by atoms with Gasteiger partial charge in [0.05, 0.1) is 17.7 Å². The molecule has 0 aliphatic heterocycles. The Morgan fingerprint density at radius 2 is 1.79 bits per heavy atom. The predicted molar refractivity (Wildman–Crippen MR) is 115 cm³/mol. The fraction of sp³-hybridized carbons (Fsp3) is 0.381. The van der Waals surface area contributed by atoms with Crippen LogP contribution in [0.15, 0.2) is 53.4 Å². The van der Waals surface area contributed by atoms with Crippen LogP contribution in [0.3, 0.4) is 0 Å². The molecule has 0 aromatic heterocycles. The third kappa shape index (κ3) is 6.20. The molecule has 0 fully saturated rings.